The zero-order chi connectivity index (χ0) is 21.7. The first-order valence-electron chi connectivity index (χ1n) is 10.0. The number of nitrogens with zero attached hydrogens (tertiary/aromatic N) is 3. The standard InChI is InChI=1S/C22H19N3O6/c1-30-14-6-8-16(17(10-14)25(28)29)18-9-7-15(31-18)11-23-24-21(26)19-12-2-3-13(5-4-12)20(19)22(24)27/h2-3,6-13,19-20H,4-5H2,1H3/b23-11-/t12-,13-,19-,20+/m1/s1. The molecule has 3 aliphatic carbocycles. The summed E-state index contributed by atoms with van der Waals surface area (Å²) in [6, 6.07) is 7.61. The van der Waals surface area contributed by atoms with Crippen molar-refractivity contribution in [2.45, 2.75) is 12.8 Å². The molecule has 0 N–H and O–H groups in total. The van der Waals surface area contributed by atoms with E-state index in [1.165, 1.54) is 25.5 Å². The first-order chi connectivity index (χ1) is 15.0. The lowest BCUT2D eigenvalue weighted by atomic mass is 9.63. The van der Waals surface area contributed by atoms with Crippen molar-refractivity contribution in [2.24, 2.45) is 28.8 Å². The normalized spacial score (nSPS) is 26.7. The van der Waals surface area contributed by atoms with E-state index in [9.17, 15) is 19.7 Å². The molecule has 2 heterocycles. The van der Waals surface area contributed by atoms with Crippen molar-refractivity contribution in [3.8, 4) is 17.1 Å². The van der Waals surface area contributed by atoms with Crippen LogP contribution in [0.4, 0.5) is 5.69 Å². The van der Waals surface area contributed by atoms with E-state index >= 15 is 0 Å². The molecule has 1 saturated heterocycles. The Labute approximate surface area is 177 Å². The van der Waals surface area contributed by atoms with Gasteiger partial charge in [-0.05, 0) is 48.9 Å². The highest BCUT2D eigenvalue weighted by atomic mass is 16.6. The van der Waals surface area contributed by atoms with Crippen LogP contribution >= 0.6 is 0 Å². The molecule has 2 amide bonds. The summed E-state index contributed by atoms with van der Waals surface area (Å²) < 4.78 is 10.7. The van der Waals surface area contributed by atoms with Gasteiger partial charge in [-0.2, -0.15) is 10.1 Å². The fraction of sp³-hybridized carbons (Fsp3) is 0.318. The molecule has 1 aliphatic heterocycles. The number of imide groups is 1. The zero-order valence-corrected chi connectivity index (χ0v) is 16.6. The molecule has 1 saturated carbocycles. The lowest BCUT2D eigenvalue weighted by Crippen LogP contribution is -2.38. The Morgan fingerprint density at radius 1 is 1.13 bits per heavy atom. The Hall–Kier alpha value is -3.75. The van der Waals surface area contributed by atoms with Crippen LogP contribution in [0.2, 0.25) is 0 Å². The molecular weight excluding hydrogens is 402 g/mol. The second kappa shape index (κ2) is 7.19. The molecule has 31 heavy (non-hydrogen) atoms. The Balaban J connectivity index is 1.39. The minimum atomic E-state index is -0.514. The highest BCUT2D eigenvalue weighted by molar-refractivity contribution is 6.06. The number of carbonyl (C=O) groups excluding carboxylic acids is 2. The molecule has 1 aromatic heterocycles. The van der Waals surface area contributed by atoms with Gasteiger partial charge < -0.3 is 9.15 Å². The molecule has 6 rings (SSSR count). The van der Waals surface area contributed by atoms with Crippen molar-refractivity contribution >= 4 is 23.7 Å². The molecule has 0 radical (unpaired) electrons. The van der Waals surface area contributed by atoms with Gasteiger partial charge in [0.1, 0.15) is 17.3 Å². The molecule has 158 valence electrons. The number of nitro benzene ring substituents is 1. The number of allylic oxidation sites excluding steroid dienone is 2. The minimum Gasteiger partial charge on any atom is -0.497 e. The van der Waals surface area contributed by atoms with Crippen molar-refractivity contribution in [3.05, 3.63) is 58.4 Å². The summed E-state index contributed by atoms with van der Waals surface area (Å²) >= 11 is 0. The second-order valence-corrected chi connectivity index (χ2v) is 7.92. The van der Waals surface area contributed by atoms with Gasteiger partial charge in [0.25, 0.3) is 17.5 Å². The molecule has 4 aliphatic rings. The molecular formula is C22H19N3O6. The van der Waals surface area contributed by atoms with Crippen molar-refractivity contribution in [1.29, 1.82) is 0 Å². The van der Waals surface area contributed by atoms with E-state index in [2.05, 4.69) is 5.10 Å². The van der Waals surface area contributed by atoms with Crippen LogP contribution in [-0.4, -0.2) is 35.1 Å². The second-order valence-electron chi connectivity index (χ2n) is 7.92. The van der Waals surface area contributed by atoms with E-state index in [4.69, 9.17) is 9.15 Å². The van der Waals surface area contributed by atoms with E-state index in [0.29, 0.717) is 5.75 Å². The average molecular weight is 421 g/mol. The molecule has 2 aromatic rings. The largest absolute Gasteiger partial charge is 0.497 e. The smallest absolute Gasteiger partial charge is 0.284 e. The van der Waals surface area contributed by atoms with Gasteiger partial charge in [-0.15, -0.1) is 0 Å². The number of hydrazone groups is 1. The Morgan fingerprint density at radius 3 is 2.39 bits per heavy atom. The third-order valence-corrected chi connectivity index (χ3v) is 6.33. The number of benzene rings is 1. The summed E-state index contributed by atoms with van der Waals surface area (Å²) in [5.41, 5.74) is 0.126. The van der Waals surface area contributed by atoms with Crippen LogP contribution < -0.4 is 4.74 Å². The molecule has 9 nitrogen and oxygen atoms in total. The van der Waals surface area contributed by atoms with Gasteiger partial charge in [-0.25, -0.2) is 0 Å². The first-order valence-corrected chi connectivity index (χ1v) is 10.0. The van der Waals surface area contributed by atoms with E-state index < -0.39 is 4.92 Å². The summed E-state index contributed by atoms with van der Waals surface area (Å²) in [6.07, 6.45) is 7.23. The predicted octanol–water partition coefficient (Wildman–Crippen LogP) is 3.39. The number of rotatable bonds is 5. The maximum Gasteiger partial charge on any atom is 0.284 e. The molecule has 2 fully saturated rings. The van der Waals surface area contributed by atoms with Crippen LogP contribution in [0.3, 0.4) is 0 Å². The van der Waals surface area contributed by atoms with E-state index in [1.807, 2.05) is 12.2 Å². The van der Waals surface area contributed by atoms with Gasteiger partial charge in [0, 0.05) is 0 Å². The summed E-state index contributed by atoms with van der Waals surface area (Å²) in [7, 11) is 1.43. The Kier molecular flexibility index (Phi) is 4.46. The summed E-state index contributed by atoms with van der Waals surface area (Å²) in [6.45, 7) is 0. The highest BCUT2D eigenvalue weighted by Gasteiger charge is 2.56. The third kappa shape index (κ3) is 3.04. The third-order valence-electron chi connectivity index (χ3n) is 6.33. The minimum absolute atomic E-state index is 0.0949. The number of hydrogen-bond acceptors (Lipinski definition) is 7. The first kappa shape index (κ1) is 19.2. The van der Waals surface area contributed by atoms with Crippen molar-refractivity contribution in [3.63, 3.8) is 0 Å². The number of amides is 2. The van der Waals surface area contributed by atoms with Crippen molar-refractivity contribution in [2.75, 3.05) is 7.11 Å². The van der Waals surface area contributed by atoms with Crippen LogP contribution in [0.25, 0.3) is 11.3 Å². The number of fused-ring (bicyclic) bond motifs is 1. The lowest BCUT2D eigenvalue weighted by Gasteiger charge is -2.37. The van der Waals surface area contributed by atoms with Gasteiger partial charge in [0.05, 0.1) is 41.7 Å². The summed E-state index contributed by atoms with van der Waals surface area (Å²) in [5, 5.41) is 16.5. The van der Waals surface area contributed by atoms with Gasteiger partial charge in [-0.3, -0.25) is 19.7 Å². The van der Waals surface area contributed by atoms with Crippen LogP contribution in [0.15, 0.2) is 52.0 Å². The van der Waals surface area contributed by atoms with Crippen LogP contribution in [-0.2, 0) is 9.59 Å². The molecule has 1 aromatic carbocycles. The molecule has 2 bridgehead atoms. The number of nitro groups is 1. The van der Waals surface area contributed by atoms with E-state index in [0.717, 1.165) is 17.9 Å². The van der Waals surface area contributed by atoms with Crippen molar-refractivity contribution < 1.29 is 23.7 Å². The van der Waals surface area contributed by atoms with Gasteiger partial charge in [0.15, 0.2) is 0 Å². The van der Waals surface area contributed by atoms with E-state index in [-0.39, 0.29) is 58.3 Å². The fourth-order valence-corrected chi connectivity index (χ4v) is 4.85. The SMILES string of the molecule is COc1ccc(-c2ccc(/C=N\N3C(=O)[C@@H]4[C@H](C3=O)[C@@H]3C=C[C@@H]4CC3)o2)c([N+](=O)[O-])c1. The number of ether oxygens (including phenoxy) is 1. The number of hydrogen-bond donors (Lipinski definition) is 0. The van der Waals surface area contributed by atoms with Gasteiger partial charge in [-0.1, -0.05) is 12.2 Å². The summed E-state index contributed by atoms with van der Waals surface area (Å²) in [5.74, 6) is -0.118. The Morgan fingerprint density at radius 2 is 1.81 bits per heavy atom. The number of methoxy groups -OCH3 is 1. The topological polar surface area (TPSA) is 115 Å². The van der Waals surface area contributed by atoms with Gasteiger partial charge in [0.2, 0.25) is 0 Å². The van der Waals surface area contributed by atoms with Crippen LogP contribution in [0.5, 0.6) is 5.75 Å². The molecule has 0 spiro atoms. The average Bonchev–Trinajstić information content (AvgIpc) is 3.36. The maximum atomic E-state index is 12.8. The lowest BCUT2D eigenvalue weighted by molar-refractivity contribution is -0.384. The number of carbonyl (C=O) groups is 2. The monoisotopic (exact) mass is 421 g/mol. The summed E-state index contributed by atoms with van der Waals surface area (Å²) in [4.78, 5) is 36.5. The van der Waals surface area contributed by atoms with Crippen LogP contribution in [0.1, 0.15) is 18.6 Å². The zero-order valence-electron chi connectivity index (χ0n) is 16.6. The predicted molar refractivity (Wildman–Crippen MR) is 109 cm³/mol. The van der Waals surface area contributed by atoms with Crippen LogP contribution in [0, 0.1) is 33.8 Å². The fourth-order valence-electron chi connectivity index (χ4n) is 4.85. The van der Waals surface area contributed by atoms with E-state index in [1.54, 1.807) is 18.2 Å². The molecule has 0 unspecified atom stereocenters. The molecule has 4 atom stereocenters. The van der Waals surface area contributed by atoms with Crippen molar-refractivity contribution in [1.82, 2.24) is 5.01 Å². The molecule has 9 heteroatoms. The number of furan rings is 1. The Bertz CT molecular complexity index is 1120. The maximum absolute atomic E-state index is 12.8. The quantitative estimate of drug-likeness (QED) is 0.240. The highest BCUT2D eigenvalue weighted by Crippen LogP contribution is 2.49. The van der Waals surface area contributed by atoms with Gasteiger partial charge >= 0.3 is 0 Å².